The highest BCUT2D eigenvalue weighted by Crippen LogP contribution is 2.13. The van der Waals surface area contributed by atoms with Crippen LogP contribution in [-0.2, 0) is 7.05 Å². The molecule has 0 spiro atoms. The third-order valence-electron chi connectivity index (χ3n) is 3.24. The zero-order valence-corrected chi connectivity index (χ0v) is 12.3. The quantitative estimate of drug-likeness (QED) is 0.822. The summed E-state index contributed by atoms with van der Waals surface area (Å²) >= 11 is 0. The maximum atomic E-state index is 12.2. The summed E-state index contributed by atoms with van der Waals surface area (Å²) in [7, 11) is 1.84. The van der Waals surface area contributed by atoms with Gasteiger partial charge in [-0.05, 0) is 30.9 Å². The predicted molar refractivity (Wildman–Crippen MR) is 78.9 cm³/mol. The van der Waals surface area contributed by atoms with Crippen molar-refractivity contribution in [3.63, 3.8) is 0 Å². The molecule has 2 rings (SSSR count). The summed E-state index contributed by atoms with van der Waals surface area (Å²) in [5, 5.41) is 7.15. The monoisotopic (exact) mass is 274 g/mol. The molecule has 5 nitrogen and oxygen atoms in total. The molecular weight excluding hydrogens is 252 g/mol. The topological polar surface area (TPSA) is 51.9 Å². The average molecular weight is 274 g/mol. The first kappa shape index (κ1) is 14.4. The summed E-state index contributed by atoms with van der Waals surface area (Å²) in [5.41, 5.74) is 0.605. The van der Waals surface area contributed by atoms with E-state index in [4.69, 9.17) is 0 Å². The minimum atomic E-state index is -0.0643. The summed E-state index contributed by atoms with van der Waals surface area (Å²) in [6.45, 7) is 5.08. The minimum absolute atomic E-state index is 0.0643. The standard InChI is InChI=1S/C15H22N4O/c1-12(2)7-6-8-16-14(20)13-11-17-18(3)15(13)19-9-4-5-10-19/h4-5,9-12H,6-8H2,1-3H3,(H,16,20). The molecule has 2 aromatic heterocycles. The van der Waals surface area contributed by atoms with Crippen LogP contribution in [0.3, 0.4) is 0 Å². The smallest absolute Gasteiger partial charge is 0.256 e. The van der Waals surface area contributed by atoms with E-state index in [0.717, 1.165) is 18.7 Å². The molecule has 0 atom stereocenters. The van der Waals surface area contributed by atoms with Crippen molar-refractivity contribution in [2.45, 2.75) is 26.7 Å². The summed E-state index contributed by atoms with van der Waals surface area (Å²) in [4.78, 5) is 12.2. The fourth-order valence-corrected chi connectivity index (χ4v) is 2.18. The molecule has 20 heavy (non-hydrogen) atoms. The van der Waals surface area contributed by atoms with Crippen molar-refractivity contribution < 1.29 is 4.79 Å². The number of carbonyl (C=O) groups excluding carboxylic acids is 1. The second-order valence-electron chi connectivity index (χ2n) is 5.39. The summed E-state index contributed by atoms with van der Waals surface area (Å²) in [6, 6.07) is 3.86. The van der Waals surface area contributed by atoms with Crippen molar-refractivity contribution in [2.75, 3.05) is 6.54 Å². The van der Waals surface area contributed by atoms with Crippen LogP contribution in [-0.4, -0.2) is 26.8 Å². The molecule has 0 saturated heterocycles. The fraction of sp³-hybridized carbons (Fsp3) is 0.467. The summed E-state index contributed by atoms with van der Waals surface area (Å²) < 4.78 is 3.61. The van der Waals surface area contributed by atoms with Crippen molar-refractivity contribution in [3.05, 3.63) is 36.3 Å². The van der Waals surface area contributed by atoms with Crippen molar-refractivity contribution in [1.82, 2.24) is 19.7 Å². The lowest BCUT2D eigenvalue weighted by Crippen LogP contribution is -2.25. The van der Waals surface area contributed by atoms with E-state index in [2.05, 4.69) is 24.3 Å². The van der Waals surface area contributed by atoms with Gasteiger partial charge in [-0.1, -0.05) is 13.8 Å². The molecule has 2 heterocycles. The molecule has 5 heteroatoms. The summed E-state index contributed by atoms with van der Waals surface area (Å²) in [6.07, 6.45) is 7.56. The molecule has 0 saturated carbocycles. The van der Waals surface area contributed by atoms with Crippen LogP contribution >= 0.6 is 0 Å². The van der Waals surface area contributed by atoms with E-state index < -0.39 is 0 Å². The van der Waals surface area contributed by atoms with Crippen LogP contribution in [0, 0.1) is 5.92 Å². The second-order valence-corrected chi connectivity index (χ2v) is 5.39. The molecule has 0 radical (unpaired) electrons. The third kappa shape index (κ3) is 3.29. The number of aromatic nitrogens is 3. The van der Waals surface area contributed by atoms with Gasteiger partial charge in [0.15, 0.2) is 0 Å². The van der Waals surface area contributed by atoms with Crippen molar-refractivity contribution >= 4 is 5.91 Å². The van der Waals surface area contributed by atoms with Crippen molar-refractivity contribution in [3.8, 4) is 5.82 Å². The maximum Gasteiger partial charge on any atom is 0.256 e. The molecule has 0 fully saturated rings. The van der Waals surface area contributed by atoms with Crippen LogP contribution in [0.15, 0.2) is 30.7 Å². The molecule has 2 aromatic rings. The Labute approximate surface area is 119 Å². The molecule has 0 aromatic carbocycles. The maximum absolute atomic E-state index is 12.2. The van der Waals surface area contributed by atoms with Crippen LogP contribution in [0.1, 0.15) is 37.0 Å². The first-order chi connectivity index (χ1) is 9.59. The lowest BCUT2D eigenvalue weighted by atomic mass is 10.1. The Bertz CT molecular complexity index is 554. The predicted octanol–water partition coefficient (Wildman–Crippen LogP) is 2.38. The first-order valence-corrected chi connectivity index (χ1v) is 7.03. The normalized spacial score (nSPS) is 11.0. The number of rotatable bonds is 6. The van der Waals surface area contributed by atoms with Gasteiger partial charge >= 0.3 is 0 Å². The minimum Gasteiger partial charge on any atom is -0.352 e. The molecule has 0 aliphatic heterocycles. The number of carbonyl (C=O) groups is 1. The van der Waals surface area contributed by atoms with E-state index in [0.29, 0.717) is 18.0 Å². The highest BCUT2D eigenvalue weighted by atomic mass is 16.1. The lowest BCUT2D eigenvalue weighted by Gasteiger charge is -2.09. The average Bonchev–Trinajstić information content (AvgIpc) is 3.02. The van der Waals surface area contributed by atoms with E-state index >= 15 is 0 Å². The van der Waals surface area contributed by atoms with Crippen LogP contribution in [0.5, 0.6) is 0 Å². The van der Waals surface area contributed by atoms with E-state index in [1.54, 1.807) is 10.9 Å². The molecule has 0 bridgehead atoms. The van der Waals surface area contributed by atoms with E-state index in [1.807, 2.05) is 36.1 Å². The number of aryl methyl sites for hydroxylation is 1. The summed E-state index contributed by atoms with van der Waals surface area (Å²) in [5.74, 6) is 1.39. The zero-order chi connectivity index (χ0) is 14.5. The van der Waals surface area contributed by atoms with Crippen LogP contribution in [0.2, 0.25) is 0 Å². The first-order valence-electron chi connectivity index (χ1n) is 7.03. The number of hydrogen-bond acceptors (Lipinski definition) is 2. The van der Waals surface area contributed by atoms with Gasteiger partial charge in [-0.2, -0.15) is 5.10 Å². The largest absolute Gasteiger partial charge is 0.352 e. The van der Waals surface area contributed by atoms with Gasteiger partial charge in [0.05, 0.1) is 6.20 Å². The number of amides is 1. The van der Waals surface area contributed by atoms with Crippen LogP contribution < -0.4 is 5.32 Å². The van der Waals surface area contributed by atoms with Crippen molar-refractivity contribution in [1.29, 1.82) is 0 Å². The fourth-order valence-electron chi connectivity index (χ4n) is 2.18. The molecule has 0 aliphatic rings. The van der Waals surface area contributed by atoms with Gasteiger partial charge in [-0.25, -0.2) is 0 Å². The van der Waals surface area contributed by atoms with Crippen LogP contribution in [0.4, 0.5) is 0 Å². The van der Waals surface area contributed by atoms with Gasteiger partial charge in [0.1, 0.15) is 11.4 Å². The molecule has 0 aliphatic carbocycles. The molecule has 0 unspecified atom stereocenters. The van der Waals surface area contributed by atoms with Gasteiger partial charge in [0, 0.05) is 26.0 Å². The van der Waals surface area contributed by atoms with Crippen LogP contribution in [0.25, 0.3) is 5.82 Å². The van der Waals surface area contributed by atoms with E-state index in [9.17, 15) is 4.79 Å². The van der Waals surface area contributed by atoms with Gasteiger partial charge in [0.2, 0.25) is 0 Å². The Kier molecular flexibility index (Phi) is 4.61. The van der Waals surface area contributed by atoms with Gasteiger partial charge < -0.3 is 9.88 Å². The third-order valence-corrected chi connectivity index (χ3v) is 3.24. The Morgan fingerprint density at radius 2 is 2.05 bits per heavy atom. The lowest BCUT2D eigenvalue weighted by molar-refractivity contribution is 0.0952. The van der Waals surface area contributed by atoms with E-state index in [1.165, 1.54) is 0 Å². The van der Waals surface area contributed by atoms with Gasteiger partial charge in [-0.15, -0.1) is 0 Å². The van der Waals surface area contributed by atoms with E-state index in [-0.39, 0.29) is 5.91 Å². The Morgan fingerprint density at radius 1 is 1.35 bits per heavy atom. The zero-order valence-electron chi connectivity index (χ0n) is 12.3. The Hall–Kier alpha value is -2.04. The van der Waals surface area contributed by atoms with Crippen molar-refractivity contribution in [2.24, 2.45) is 13.0 Å². The SMILES string of the molecule is CC(C)CCCNC(=O)c1cnn(C)c1-n1cccc1. The molecule has 1 N–H and O–H groups in total. The highest BCUT2D eigenvalue weighted by Gasteiger charge is 2.16. The number of nitrogens with zero attached hydrogens (tertiary/aromatic N) is 3. The second kappa shape index (κ2) is 6.41. The van der Waals surface area contributed by atoms with Gasteiger partial charge in [-0.3, -0.25) is 9.48 Å². The Balaban J connectivity index is 2.04. The highest BCUT2D eigenvalue weighted by molar-refractivity contribution is 5.97. The molecule has 108 valence electrons. The number of nitrogens with one attached hydrogen (secondary N) is 1. The van der Waals surface area contributed by atoms with Gasteiger partial charge in [0.25, 0.3) is 5.91 Å². The Morgan fingerprint density at radius 3 is 2.70 bits per heavy atom. The molecule has 1 amide bonds. The molecular formula is C15H22N4O. The number of hydrogen-bond donors (Lipinski definition) is 1.